The van der Waals surface area contributed by atoms with Gasteiger partial charge in [-0.15, -0.1) is 0 Å². The van der Waals surface area contributed by atoms with Crippen molar-refractivity contribution in [2.45, 2.75) is 40.3 Å². The molecule has 0 aliphatic heterocycles. The first-order chi connectivity index (χ1) is 9.47. The Kier molecular flexibility index (Phi) is 4.46. The van der Waals surface area contributed by atoms with Gasteiger partial charge in [-0.3, -0.25) is 0 Å². The van der Waals surface area contributed by atoms with Gasteiger partial charge in [0.1, 0.15) is 12.4 Å². The first kappa shape index (κ1) is 14.6. The minimum absolute atomic E-state index is 0.0228. The van der Waals surface area contributed by atoms with Crippen molar-refractivity contribution >= 4 is 0 Å². The van der Waals surface area contributed by atoms with Gasteiger partial charge in [-0.2, -0.15) is 0 Å². The fraction of sp³-hybridized carbons (Fsp3) is 0.333. The molecular formula is C18H23NO. The van der Waals surface area contributed by atoms with E-state index in [1.54, 1.807) is 0 Å². The number of hydrogen-bond donors (Lipinski definition) is 1. The van der Waals surface area contributed by atoms with Crippen LogP contribution in [0.15, 0.2) is 36.4 Å². The second-order valence-corrected chi connectivity index (χ2v) is 5.54. The predicted molar refractivity (Wildman–Crippen MR) is 84.0 cm³/mol. The lowest BCUT2D eigenvalue weighted by molar-refractivity contribution is 0.301. The van der Waals surface area contributed by atoms with E-state index in [4.69, 9.17) is 10.5 Å². The zero-order valence-corrected chi connectivity index (χ0v) is 12.7. The monoisotopic (exact) mass is 269 g/mol. The molecule has 0 saturated heterocycles. The van der Waals surface area contributed by atoms with Crippen molar-refractivity contribution in [3.63, 3.8) is 0 Å². The van der Waals surface area contributed by atoms with Crippen molar-refractivity contribution in [2.75, 3.05) is 0 Å². The van der Waals surface area contributed by atoms with E-state index >= 15 is 0 Å². The van der Waals surface area contributed by atoms with Crippen molar-refractivity contribution in [2.24, 2.45) is 5.73 Å². The molecule has 1 atom stereocenters. The third-order valence-corrected chi connectivity index (χ3v) is 3.63. The summed E-state index contributed by atoms with van der Waals surface area (Å²) in [7, 11) is 0. The molecule has 0 fully saturated rings. The van der Waals surface area contributed by atoms with E-state index in [1.807, 2.05) is 6.92 Å². The predicted octanol–water partition coefficient (Wildman–Crippen LogP) is 4.21. The van der Waals surface area contributed by atoms with Crippen LogP contribution in [0.2, 0.25) is 0 Å². The van der Waals surface area contributed by atoms with Crippen molar-refractivity contribution in [3.05, 3.63) is 64.2 Å². The molecule has 2 aromatic rings. The summed E-state index contributed by atoms with van der Waals surface area (Å²) in [5, 5.41) is 0. The lowest BCUT2D eigenvalue weighted by atomic mass is 10.1. The van der Waals surface area contributed by atoms with Gasteiger partial charge < -0.3 is 10.5 Å². The Hall–Kier alpha value is -1.80. The smallest absolute Gasteiger partial charge is 0.124 e. The summed E-state index contributed by atoms with van der Waals surface area (Å²) in [6.45, 7) is 8.86. The van der Waals surface area contributed by atoms with E-state index in [1.165, 1.54) is 22.3 Å². The number of nitrogens with two attached hydrogens (primary N) is 1. The number of benzene rings is 2. The second-order valence-electron chi connectivity index (χ2n) is 5.54. The molecule has 0 radical (unpaired) electrons. The van der Waals surface area contributed by atoms with Gasteiger partial charge >= 0.3 is 0 Å². The van der Waals surface area contributed by atoms with Crippen LogP contribution < -0.4 is 10.5 Å². The minimum Gasteiger partial charge on any atom is -0.489 e. The molecule has 2 N–H and O–H groups in total. The lowest BCUT2D eigenvalue weighted by Gasteiger charge is -2.15. The van der Waals surface area contributed by atoms with Gasteiger partial charge in [0, 0.05) is 11.6 Å². The maximum absolute atomic E-state index is 6.00. The molecule has 0 saturated carbocycles. The second kappa shape index (κ2) is 6.10. The maximum Gasteiger partial charge on any atom is 0.124 e. The molecule has 0 bridgehead atoms. The molecule has 0 aliphatic rings. The van der Waals surface area contributed by atoms with Crippen LogP contribution in [0.25, 0.3) is 0 Å². The Morgan fingerprint density at radius 1 is 1.00 bits per heavy atom. The number of ether oxygens (including phenoxy) is 1. The van der Waals surface area contributed by atoms with E-state index in [9.17, 15) is 0 Å². The summed E-state index contributed by atoms with van der Waals surface area (Å²) in [5.41, 5.74) is 12.0. The van der Waals surface area contributed by atoms with Gasteiger partial charge in [0.05, 0.1) is 0 Å². The van der Waals surface area contributed by atoms with Crippen molar-refractivity contribution < 1.29 is 4.74 Å². The average Bonchev–Trinajstić information content (AvgIpc) is 2.40. The van der Waals surface area contributed by atoms with Crippen molar-refractivity contribution in [3.8, 4) is 5.75 Å². The molecule has 0 spiro atoms. The highest BCUT2D eigenvalue weighted by Crippen LogP contribution is 2.26. The van der Waals surface area contributed by atoms with Gasteiger partial charge in [0.2, 0.25) is 0 Å². The molecular weight excluding hydrogens is 246 g/mol. The molecule has 0 amide bonds. The van der Waals surface area contributed by atoms with Crippen LogP contribution in [0.4, 0.5) is 0 Å². The number of hydrogen-bond acceptors (Lipinski definition) is 2. The van der Waals surface area contributed by atoms with Gasteiger partial charge in [-0.25, -0.2) is 0 Å². The third kappa shape index (κ3) is 3.40. The van der Waals surface area contributed by atoms with E-state index in [0.717, 1.165) is 11.3 Å². The van der Waals surface area contributed by atoms with Gasteiger partial charge in [-0.05, 0) is 56.0 Å². The Morgan fingerprint density at radius 3 is 2.40 bits per heavy atom. The minimum atomic E-state index is -0.0228. The SMILES string of the molecule is Cc1ccc(C(C)N)c(OCc2ccc(C)c(C)c2)c1. The summed E-state index contributed by atoms with van der Waals surface area (Å²) in [5.74, 6) is 0.887. The highest BCUT2D eigenvalue weighted by molar-refractivity contribution is 5.39. The van der Waals surface area contributed by atoms with E-state index in [-0.39, 0.29) is 6.04 Å². The van der Waals surface area contributed by atoms with Gasteiger partial charge in [-0.1, -0.05) is 30.3 Å². The van der Waals surface area contributed by atoms with Crippen molar-refractivity contribution in [1.29, 1.82) is 0 Å². The van der Waals surface area contributed by atoms with Crippen molar-refractivity contribution in [1.82, 2.24) is 0 Å². The highest BCUT2D eigenvalue weighted by atomic mass is 16.5. The molecule has 0 aliphatic carbocycles. The molecule has 20 heavy (non-hydrogen) atoms. The topological polar surface area (TPSA) is 35.2 Å². The number of aryl methyl sites for hydroxylation is 3. The average molecular weight is 269 g/mol. The molecule has 0 aromatic heterocycles. The first-order valence-corrected chi connectivity index (χ1v) is 7.02. The summed E-state index contributed by atoms with van der Waals surface area (Å²) < 4.78 is 5.98. The summed E-state index contributed by atoms with van der Waals surface area (Å²) in [6.07, 6.45) is 0. The zero-order valence-electron chi connectivity index (χ0n) is 12.7. The largest absolute Gasteiger partial charge is 0.489 e. The van der Waals surface area contributed by atoms with E-state index in [2.05, 4.69) is 57.2 Å². The van der Waals surface area contributed by atoms with Crippen LogP contribution in [0, 0.1) is 20.8 Å². The Balaban J connectivity index is 2.17. The highest BCUT2D eigenvalue weighted by Gasteiger charge is 2.08. The Morgan fingerprint density at radius 2 is 1.75 bits per heavy atom. The number of rotatable bonds is 4. The zero-order chi connectivity index (χ0) is 14.7. The molecule has 2 heteroatoms. The van der Waals surface area contributed by atoms with Crippen LogP contribution in [-0.2, 0) is 6.61 Å². The quantitative estimate of drug-likeness (QED) is 0.902. The Bertz CT molecular complexity index is 602. The fourth-order valence-corrected chi connectivity index (χ4v) is 2.20. The van der Waals surface area contributed by atoms with E-state index in [0.29, 0.717) is 6.61 Å². The van der Waals surface area contributed by atoms with Crippen LogP contribution >= 0.6 is 0 Å². The van der Waals surface area contributed by atoms with Gasteiger partial charge in [0.15, 0.2) is 0 Å². The maximum atomic E-state index is 6.00. The molecule has 0 heterocycles. The van der Waals surface area contributed by atoms with Crippen LogP contribution in [0.5, 0.6) is 5.75 Å². The normalized spacial score (nSPS) is 12.2. The standard InChI is InChI=1S/C18H23NO/c1-12-5-8-17(15(4)19)18(9-12)20-11-16-7-6-13(2)14(3)10-16/h5-10,15H,11,19H2,1-4H3. The summed E-state index contributed by atoms with van der Waals surface area (Å²) in [4.78, 5) is 0. The Labute approximate surface area is 121 Å². The van der Waals surface area contributed by atoms with Gasteiger partial charge in [0.25, 0.3) is 0 Å². The molecule has 2 aromatic carbocycles. The molecule has 1 unspecified atom stereocenters. The fourth-order valence-electron chi connectivity index (χ4n) is 2.20. The van der Waals surface area contributed by atoms with Crippen LogP contribution in [-0.4, -0.2) is 0 Å². The molecule has 106 valence electrons. The van der Waals surface area contributed by atoms with Crippen LogP contribution in [0.3, 0.4) is 0 Å². The first-order valence-electron chi connectivity index (χ1n) is 7.02. The van der Waals surface area contributed by atoms with Crippen LogP contribution in [0.1, 0.15) is 40.8 Å². The third-order valence-electron chi connectivity index (χ3n) is 3.63. The molecule has 2 nitrogen and oxygen atoms in total. The molecule has 2 rings (SSSR count). The van der Waals surface area contributed by atoms with E-state index < -0.39 is 0 Å². The summed E-state index contributed by atoms with van der Waals surface area (Å²) >= 11 is 0. The lowest BCUT2D eigenvalue weighted by Crippen LogP contribution is -2.08. The summed E-state index contributed by atoms with van der Waals surface area (Å²) in [6, 6.07) is 12.6.